The number of carbonyl (C=O) groups excluding carboxylic acids is 1. The van der Waals surface area contributed by atoms with E-state index in [4.69, 9.17) is 14.2 Å². The second-order valence-electron chi connectivity index (χ2n) is 6.64. The van der Waals surface area contributed by atoms with Crippen LogP contribution in [-0.4, -0.2) is 25.7 Å². The topological polar surface area (TPSA) is 56.8 Å². The van der Waals surface area contributed by atoms with Crippen LogP contribution in [-0.2, 0) is 14.3 Å². The van der Waals surface area contributed by atoms with Crippen molar-refractivity contribution in [2.75, 3.05) is 25.1 Å². The van der Waals surface area contributed by atoms with Gasteiger partial charge in [0, 0.05) is 15.7 Å². The fraction of sp³-hybridized carbons (Fsp3) is 0.286. The van der Waals surface area contributed by atoms with Crippen molar-refractivity contribution in [3.05, 3.63) is 71.2 Å². The Labute approximate surface area is 167 Å². The smallest absolute Gasteiger partial charge is 0.234 e. The molecule has 0 atom stereocenters. The van der Waals surface area contributed by atoms with Crippen LogP contribution < -0.4 is 10.1 Å². The van der Waals surface area contributed by atoms with Crippen molar-refractivity contribution < 1.29 is 19.0 Å². The Balaban J connectivity index is 1.57. The van der Waals surface area contributed by atoms with Gasteiger partial charge in [0.25, 0.3) is 0 Å². The van der Waals surface area contributed by atoms with Gasteiger partial charge < -0.3 is 19.5 Å². The maximum absolute atomic E-state index is 12.7. The van der Waals surface area contributed by atoms with Crippen molar-refractivity contribution in [3.63, 3.8) is 0 Å². The summed E-state index contributed by atoms with van der Waals surface area (Å²) in [6.07, 6.45) is 1.22. The number of ether oxygens (including phenoxy) is 3. The molecule has 1 N–H and O–H groups in total. The third-order valence-electron chi connectivity index (χ3n) is 4.28. The normalized spacial score (nSPS) is 22.1. The minimum Gasteiger partial charge on any atom is -0.490 e. The molecule has 6 heteroatoms. The highest BCUT2D eigenvalue weighted by Gasteiger charge is 2.39. The van der Waals surface area contributed by atoms with E-state index < -0.39 is 11.7 Å². The number of benzene rings is 2. The van der Waals surface area contributed by atoms with E-state index in [1.165, 1.54) is 0 Å². The zero-order chi connectivity index (χ0) is 19.3. The van der Waals surface area contributed by atoms with Gasteiger partial charge in [-0.2, -0.15) is 0 Å². The molecular weight excluding hydrogens is 410 g/mol. The minimum atomic E-state index is -0.760. The highest BCUT2D eigenvalue weighted by molar-refractivity contribution is 9.10. The number of halogens is 1. The quantitative estimate of drug-likeness (QED) is 0.673. The molecule has 5 nitrogen and oxygen atoms in total. The van der Waals surface area contributed by atoms with E-state index in [1.54, 1.807) is 30.3 Å². The highest BCUT2D eigenvalue weighted by Crippen LogP contribution is 2.33. The lowest BCUT2D eigenvalue weighted by molar-refractivity contribution is -0.226. The van der Waals surface area contributed by atoms with Crippen LogP contribution in [0.1, 0.15) is 18.8 Å². The van der Waals surface area contributed by atoms with Gasteiger partial charge in [0.05, 0.1) is 18.6 Å². The molecule has 1 heterocycles. The molecule has 0 saturated carbocycles. The van der Waals surface area contributed by atoms with Crippen molar-refractivity contribution in [1.29, 1.82) is 0 Å². The molecule has 2 aromatic carbocycles. The van der Waals surface area contributed by atoms with Gasteiger partial charge in [0.15, 0.2) is 6.29 Å². The van der Waals surface area contributed by atoms with Gasteiger partial charge in [-0.3, -0.25) is 4.79 Å². The third-order valence-corrected chi connectivity index (χ3v) is 4.81. The van der Waals surface area contributed by atoms with E-state index in [2.05, 4.69) is 27.8 Å². The van der Waals surface area contributed by atoms with Gasteiger partial charge in [-0.1, -0.05) is 40.7 Å². The van der Waals surface area contributed by atoms with E-state index >= 15 is 0 Å². The summed E-state index contributed by atoms with van der Waals surface area (Å²) in [5.74, 6) is 0.581. The minimum absolute atomic E-state index is 0.142. The highest BCUT2D eigenvalue weighted by atomic mass is 79.9. The van der Waals surface area contributed by atoms with E-state index in [-0.39, 0.29) is 19.1 Å². The Kier molecular flexibility index (Phi) is 6.31. The predicted molar refractivity (Wildman–Crippen MR) is 108 cm³/mol. The van der Waals surface area contributed by atoms with Crippen LogP contribution in [0.15, 0.2) is 65.7 Å². The number of rotatable bonds is 6. The van der Waals surface area contributed by atoms with Crippen LogP contribution in [0.3, 0.4) is 0 Å². The van der Waals surface area contributed by atoms with Gasteiger partial charge in [-0.25, -0.2) is 0 Å². The molecule has 1 saturated heterocycles. The summed E-state index contributed by atoms with van der Waals surface area (Å²) in [4.78, 5) is 12.7. The summed E-state index contributed by atoms with van der Waals surface area (Å²) in [6, 6.07) is 15.0. The second kappa shape index (κ2) is 8.69. The molecule has 3 rings (SSSR count). The van der Waals surface area contributed by atoms with Crippen molar-refractivity contribution in [1.82, 2.24) is 0 Å². The summed E-state index contributed by atoms with van der Waals surface area (Å²) in [5.41, 5.74) is 0.863. The van der Waals surface area contributed by atoms with Gasteiger partial charge in [0.1, 0.15) is 12.4 Å². The lowest BCUT2D eigenvalue weighted by atomic mass is 9.90. The first-order chi connectivity index (χ1) is 13.0. The van der Waals surface area contributed by atoms with Gasteiger partial charge >= 0.3 is 0 Å². The van der Waals surface area contributed by atoms with Gasteiger partial charge in [-0.05, 0) is 43.3 Å². The zero-order valence-electron chi connectivity index (χ0n) is 15.1. The lowest BCUT2D eigenvalue weighted by Crippen LogP contribution is -2.45. The predicted octanol–water partition coefficient (Wildman–Crippen LogP) is 4.70. The van der Waals surface area contributed by atoms with Crippen molar-refractivity contribution >= 4 is 27.5 Å². The molecule has 0 aliphatic carbocycles. The molecular formula is C21H22BrNO4. The van der Waals surface area contributed by atoms with Crippen molar-refractivity contribution in [3.8, 4) is 5.75 Å². The molecule has 142 valence electrons. The number of carbonyl (C=O) groups is 1. The first-order valence-corrected chi connectivity index (χ1v) is 9.43. The molecule has 0 unspecified atom stereocenters. The van der Waals surface area contributed by atoms with Crippen LogP contribution in [0, 0.1) is 5.41 Å². The largest absolute Gasteiger partial charge is 0.490 e. The van der Waals surface area contributed by atoms with E-state index in [1.807, 2.05) is 31.2 Å². The molecule has 0 aromatic heterocycles. The average Bonchev–Trinajstić information content (AvgIpc) is 2.69. The van der Waals surface area contributed by atoms with Crippen LogP contribution in [0.5, 0.6) is 5.75 Å². The first kappa shape index (κ1) is 19.6. The van der Waals surface area contributed by atoms with E-state index in [0.29, 0.717) is 12.3 Å². The number of hydrogen-bond donors (Lipinski definition) is 1. The van der Waals surface area contributed by atoms with Crippen LogP contribution in [0.2, 0.25) is 0 Å². The van der Waals surface area contributed by atoms with E-state index in [0.717, 1.165) is 15.8 Å². The van der Waals surface area contributed by atoms with Crippen LogP contribution in [0.25, 0.3) is 0 Å². The van der Waals surface area contributed by atoms with Crippen LogP contribution >= 0.6 is 15.9 Å². The summed E-state index contributed by atoms with van der Waals surface area (Å²) in [6.45, 7) is 6.45. The SMILES string of the molecule is C=CCOc1ccc(NC(=O)C2(C)COC(c3ccc(Br)cc3)OC2)cc1. The Morgan fingerprint density at radius 2 is 1.85 bits per heavy atom. The van der Waals surface area contributed by atoms with Crippen molar-refractivity contribution in [2.24, 2.45) is 5.41 Å². The molecule has 1 aliphatic rings. The monoisotopic (exact) mass is 431 g/mol. The third kappa shape index (κ3) is 4.97. The molecule has 0 bridgehead atoms. The summed E-state index contributed by atoms with van der Waals surface area (Å²) in [5, 5.41) is 2.92. The summed E-state index contributed by atoms with van der Waals surface area (Å²) >= 11 is 3.41. The zero-order valence-corrected chi connectivity index (χ0v) is 16.7. The molecule has 2 aromatic rings. The van der Waals surface area contributed by atoms with Gasteiger partial charge in [-0.15, -0.1) is 0 Å². The Hall–Kier alpha value is -2.15. The maximum Gasteiger partial charge on any atom is 0.234 e. The summed E-state index contributed by atoms with van der Waals surface area (Å²) < 4.78 is 18.1. The van der Waals surface area contributed by atoms with Gasteiger partial charge in [0.2, 0.25) is 5.91 Å². The number of anilines is 1. The molecule has 1 fully saturated rings. The number of nitrogens with one attached hydrogen (secondary N) is 1. The number of hydrogen-bond acceptors (Lipinski definition) is 4. The lowest BCUT2D eigenvalue weighted by Gasteiger charge is -2.36. The first-order valence-electron chi connectivity index (χ1n) is 8.64. The molecule has 1 amide bonds. The maximum atomic E-state index is 12.7. The Morgan fingerprint density at radius 1 is 1.22 bits per heavy atom. The fourth-order valence-electron chi connectivity index (χ4n) is 2.62. The fourth-order valence-corrected chi connectivity index (χ4v) is 2.89. The van der Waals surface area contributed by atoms with Crippen LogP contribution in [0.4, 0.5) is 5.69 Å². The molecule has 1 aliphatic heterocycles. The summed E-state index contributed by atoms with van der Waals surface area (Å²) in [7, 11) is 0. The molecule has 0 radical (unpaired) electrons. The second-order valence-corrected chi connectivity index (χ2v) is 7.56. The average molecular weight is 432 g/mol. The Morgan fingerprint density at radius 3 is 2.44 bits per heavy atom. The van der Waals surface area contributed by atoms with Crippen molar-refractivity contribution in [2.45, 2.75) is 13.2 Å². The standard InChI is InChI=1S/C21H22BrNO4/c1-3-12-25-18-10-8-17(9-11-18)23-20(24)21(2)13-26-19(27-14-21)15-4-6-16(22)7-5-15/h3-11,19H,1,12-14H2,2H3,(H,23,24). The molecule has 27 heavy (non-hydrogen) atoms. The molecule has 0 spiro atoms. The Bertz CT molecular complexity index is 781. The number of amides is 1. The van der Waals surface area contributed by atoms with E-state index in [9.17, 15) is 4.79 Å².